The van der Waals surface area contributed by atoms with Crippen molar-refractivity contribution in [3.63, 3.8) is 0 Å². The molecule has 0 saturated heterocycles. The van der Waals surface area contributed by atoms with E-state index in [2.05, 4.69) is 0 Å². The zero-order chi connectivity index (χ0) is 22.3. The van der Waals surface area contributed by atoms with Gasteiger partial charge in [-0.25, -0.2) is 4.57 Å². The summed E-state index contributed by atoms with van der Waals surface area (Å²) in [7, 11) is -2.51. The maximum atomic E-state index is 13.5. The molecule has 0 saturated carbocycles. The Kier molecular flexibility index (Phi) is 5.84. The standard InChI is InChI=1S/C22H27O7P/c1-7-27-30(25,28-8-2)29-19-18(24)15-10-9-14(26-6)13-16(15)22(5)12-11-17(23)21(3,4)20(19)22/h9-13H,7-8H2,1-6H3/t22-/m1/s1. The third-order valence-electron chi connectivity index (χ3n) is 5.57. The Morgan fingerprint density at radius 1 is 1.03 bits per heavy atom. The first-order chi connectivity index (χ1) is 14.0. The second-order valence-corrected chi connectivity index (χ2v) is 9.44. The molecular formula is C22H27O7P. The minimum atomic E-state index is -4.06. The molecular weight excluding hydrogens is 407 g/mol. The molecule has 2 aliphatic rings. The number of fused-ring (bicyclic) bond motifs is 3. The van der Waals surface area contributed by atoms with Crippen LogP contribution in [0, 0.1) is 5.41 Å². The Bertz CT molecular complexity index is 995. The number of hydrogen-bond donors (Lipinski definition) is 0. The summed E-state index contributed by atoms with van der Waals surface area (Å²) in [5.41, 5.74) is -0.431. The molecule has 0 fully saturated rings. The van der Waals surface area contributed by atoms with Crippen LogP contribution in [0.4, 0.5) is 0 Å². The van der Waals surface area contributed by atoms with Gasteiger partial charge >= 0.3 is 7.82 Å². The third-order valence-corrected chi connectivity index (χ3v) is 7.13. The van der Waals surface area contributed by atoms with E-state index >= 15 is 0 Å². The van der Waals surface area contributed by atoms with Gasteiger partial charge in [-0.15, -0.1) is 0 Å². The van der Waals surface area contributed by atoms with Crippen LogP contribution < -0.4 is 4.74 Å². The number of carbonyl (C=O) groups is 2. The molecule has 1 atom stereocenters. The van der Waals surface area contributed by atoms with Crippen molar-refractivity contribution in [3.05, 3.63) is 52.8 Å². The highest BCUT2D eigenvalue weighted by molar-refractivity contribution is 7.48. The summed E-state index contributed by atoms with van der Waals surface area (Å²) in [6.45, 7) is 8.78. The van der Waals surface area contributed by atoms with Gasteiger partial charge in [0.05, 0.1) is 25.7 Å². The number of ketones is 2. The highest BCUT2D eigenvalue weighted by atomic mass is 31.2. The SMILES string of the molecule is CCOP(=O)(OCC)OC1=C2C(C)(C)C(=O)C=C[C@]2(C)c2cc(OC)ccc2C1=O. The Morgan fingerprint density at radius 3 is 2.23 bits per heavy atom. The second kappa shape index (κ2) is 7.80. The van der Waals surface area contributed by atoms with Crippen molar-refractivity contribution in [2.75, 3.05) is 20.3 Å². The van der Waals surface area contributed by atoms with Crippen LogP contribution in [0.15, 0.2) is 41.7 Å². The van der Waals surface area contributed by atoms with Crippen molar-refractivity contribution in [2.45, 2.75) is 40.0 Å². The van der Waals surface area contributed by atoms with Gasteiger partial charge in [-0.05, 0) is 64.5 Å². The molecule has 0 aromatic heterocycles. The zero-order valence-electron chi connectivity index (χ0n) is 18.1. The van der Waals surface area contributed by atoms with Gasteiger partial charge in [0.1, 0.15) is 5.75 Å². The summed E-state index contributed by atoms with van der Waals surface area (Å²) in [6.07, 6.45) is 3.27. The van der Waals surface area contributed by atoms with Gasteiger partial charge < -0.3 is 9.26 Å². The molecule has 0 radical (unpaired) electrons. The molecule has 0 spiro atoms. The maximum absolute atomic E-state index is 13.5. The lowest BCUT2D eigenvalue weighted by atomic mass is 9.57. The Balaban J connectivity index is 2.32. The van der Waals surface area contributed by atoms with E-state index in [1.54, 1.807) is 59.1 Å². The number of methoxy groups -OCH3 is 1. The number of phosphoric ester groups is 1. The van der Waals surface area contributed by atoms with Crippen molar-refractivity contribution in [1.29, 1.82) is 0 Å². The highest BCUT2D eigenvalue weighted by Crippen LogP contribution is 2.58. The minimum Gasteiger partial charge on any atom is -0.497 e. The van der Waals surface area contributed by atoms with Crippen molar-refractivity contribution < 1.29 is 32.5 Å². The first kappa shape index (κ1) is 22.5. The molecule has 2 aliphatic carbocycles. The monoisotopic (exact) mass is 434 g/mol. The number of Topliss-reactive ketones (excluding diaryl/α,β-unsaturated/α-hetero) is 1. The molecule has 1 aromatic rings. The van der Waals surface area contributed by atoms with Crippen molar-refractivity contribution in [2.24, 2.45) is 5.41 Å². The molecule has 0 heterocycles. The van der Waals surface area contributed by atoms with Gasteiger partial charge in [0.2, 0.25) is 5.78 Å². The van der Waals surface area contributed by atoms with E-state index in [-0.39, 0.29) is 24.8 Å². The van der Waals surface area contributed by atoms with Crippen LogP contribution >= 0.6 is 7.82 Å². The van der Waals surface area contributed by atoms with Crippen molar-refractivity contribution in [1.82, 2.24) is 0 Å². The molecule has 3 rings (SSSR count). The quantitative estimate of drug-likeness (QED) is 0.572. The van der Waals surface area contributed by atoms with Crippen molar-refractivity contribution >= 4 is 19.4 Å². The van der Waals surface area contributed by atoms with Gasteiger partial charge in [-0.3, -0.25) is 18.6 Å². The Hall–Kier alpha value is -2.21. The molecule has 0 N–H and O–H groups in total. The molecule has 0 unspecified atom stereocenters. The van der Waals surface area contributed by atoms with Crippen LogP contribution in [-0.2, 0) is 28.3 Å². The van der Waals surface area contributed by atoms with Gasteiger partial charge in [0, 0.05) is 16.6 Å². The van der Waals surface area contributed by atoms with E-state index in [4.69, 9.17) is 18.3 Å². The zero-order valence-corrected chi connectivity index (χ0v) is 19.0. The topological polar surface area (TPSA) is 88.1 Å². The van der Waals surface area contributed by atoms with Gasteiger partial charge in [-0.2, -0.15) is 0 Å². The van der Waals surface area contributed by atoms with Gasteiger partial charge in [0.25, 0.3) is 0 Å². The first-order valence-electron chi connectivity index (χ1n) is 9.85. The molecule has 0 amide bonds. The van der Waals surface area contributed by atoms with E-state index in [1.165, 1.54) is 6.08 Å². The smallest absolute Gasteiger partial charge is 0.497 e. The number of hydrogen-bond acceptors (Lipinski definition) is 7. The average Bonchev–Trinajstić information content (AvgIpc) is 2.69. The molecule has 162 valence electrons. The second-order valence-electron chi connectivity index (χ2n) is 7.84. The summed E-state index contributed by atoms with van der Waals surface area (Å²) in [4.78, 5) is 26.3. The van der Waals surface area contributed by atoms with E-state index in [0.717, 1.165) is 0 Å². The van der Waals surface area contributed by atoms with Crippen LogP contribution in [0.1, 0.15) is 50.5 Å². The fraction of sp³-hybridized carbons (Fsp3) is 0.455. The van der Waals surface area contributed by atoms with Crippen LogP contribution in [0.25, 0.3) is 0 Å². The number of phosphoric acid groups is 1. The van der Waals surface area contributed by atoms with E-state index in [9.17, 15) is 14.2 Å². The van der Waals surface area contributed by atoms with Crippen LogP contribution in [0.3, 0.4) is 0 Å². The Morgan fingerprint density at radius 2 is 1.67 bits per heavy atom. The van der Waals surface area contributed by atoms with E-state index in [0.29, 0.717) is 22.4 Å². The van der Waals surface area contributed by atoms with Crippen LogP contribution in [-0.4, -0.2) is 31.9 Å². The molecule has 0 aliphatic heterocycles. The Labute approximate surface area is 176 Å². The third kappa shape index (κ3) is 3.45. The molecule has 30 heavy (non-hydrogen) atoms. The van der Waals surface area contributed by atoms with E-state index in [1.807, 2.05) is 6.92 Å². The summed E-state index contributed by atoms with van der Waals surface area (Å²) >= 11 is 0. The number of benzene rings is 1. The predicted octanol–water partition coefficient (Wildman–Crippen LogP) is 4.77. The minimum absolute atomic E-state index is 0.0708. The van der Waals surface area contributed by atoms with Gasteiger partial charge in [-0.1, -0.05) is 6.08 Å². The number of ether oxygens (including phenoxy) is 1. The molecule has 1 aromatic carbocycles. The fourth-order valence-corrected chi connectivity index (χ4v) is 5.38. The summed E-state index contributed by atoms with van der Waals surface area (Å²) < 4.78 is 34.7. The molecule has 0 bridgehead atoms. The molecule has 8 heteroatoms. The molecule has 7 nitrogen and oxygen atoms in total. The fourth-order valence-electron chi connectivity index (χ4n) is 4.17. The number of rotatable bonds is 7. The largest absolute Gasteiger partial charge is 0.530 e. The normalized spacial score (nSPS) is 22.6. The maximum Gasteiger partial charge on any atom is 0.530 e. The highest BCUT2D eigenvalue weighted by Gasteiger charge is 2.53. The summed E-state index contributed by atoms with van der Waals surface area (Å²) in [5, 5.41) is 0. The van der Waals surface area contributed by atoms with Crippen LogP contribution in [0.5, 0.6) is 5.75 Å². The predicted molar refractivity (Wildman–Crippen MR) is 112 cm³/mol. The average molecular weight is 434 g/mol. The summed E-state index contributed by atoms with van der Waals surface area (Å²) in [6, 6.07) is 5.10. The lowest BCUT2D eigenvalue weighted by Gasteiger charge is -2.45. The lowest BCUT2D eigenvalue weighted by Crippen LogP contribution is -2.45. The lowest BCUT2D eigenvalue weighted by molar-refractivity contribution is -0.121. The summed E-state index contributed by atoms with van der Waals surface area (Å²) in [5.74, 6) is -0.235. The van der Waals surface area contributed by atoms with Gasteiger partial charge in [0.15, 0.2) is 11.5 Å². The number of allylic oxidation sites excluding steroid dienone is 4. The van der Waals surface area contributed by atoms with E-state index < -0.39 is 24.4 Å². The first-order valence-corrected chi connectivity index (χ1v) is 11.3. The van der Waals surface area contributed by atoms with Crippen LogP contribution in [0.2, 0.25) is 0 Å². The number of carbonyl (C=O) groups excluding carboxylic acids is 2. The van der Waals surface area contributed by atoms with Crippen molar-refractivity contribution in [3.8, 4) is 5.75 Å².